The Morgan fingerprint density at radius 2 is 2.13 bits per heavy atom. The van der Waals surface area contributed by atoms with Gasteiger partial charge in [-0.1, -0.05) is 6.92 Å². The number of carbonyl (C=O) groups is 1. The van der Waals surface area contributed by atoms with E-state index in [-0.39, 0.29) is 11.9 Å². The first-order chi connectivity index (χ1) is 7.15. The minimum Gasteiger partial charge on any atom is -0.341 e. The fourth-order valence-corrected chi connectivity index (χ4v) is 2.32. The highest BCUT2D eigenvalue weighted by Crippen LogP contribution is 2.16. The second-order valence-corrected chi connectivity index (χ2v) is 5.38. The van der Waals surface area contributed by atoms with Gasteiger partial charge in [0.15, 0.2) is 0 Å². The molecule has 88 valence electrons. The normalized spacial score (nSPS) is 20.3. The molecule has 2 N–H and O–H groups in total. The fourth-order valence-electron chi connectivity index (χ4n) is 1.83. The molecule has 0 aromatic heterocycles. The van der Waals surface area contributed by atoms with Crippen molar-refractivity contribution < 1.29 is 4.79 Å². The molecule has 1 unspecified atom stereocenters. The van der Waals surface area contributed by atoms with Gasteiger partial charge in [-0.05, 0) is 37.2 Å². The van der Waals surface area contributed by atoms with Crippen LogP contribution in [-0.4, -0.2) is 41.9 Å². The molecule has 1 fully saturated rings. The van der Waals surface area contributed by atoms with E-state index in [0.29, 0.717) is 0 Å². The van der Waals surface area contributed by atoms with Crippen LogP contribution in [0, 0.1) is 5.92 Å². The molecule has 0 spiro atoms. The minimum atomic E-state index is -0.286. The Labute approximate surface area is 96.8 Å². The zero-order chi connectivity index (χ0) is 11.3. The zero-order valence-electron chi connectivity index (χ0n) is 9.74. The molecule has 0 bridgehead atoms. The van der Waals surface area contributed by atoms with Gasteiger partial charge in [0.2, 0.25) is 5.91 Å². The highest BCUT2D eigenvalue weighted by Gasteiger charge is 2.24. The third-order valence-corrected chi connectivity index (χ3v) is 3.69. The molecule has 1 amide bonds. The summed E-state index contributed by atoms with van der Waals surface area (Å²) in [4.78, 5) is 13.8. The molecule has 1 saturated heterocycles. The highest BCUT2D eigenvalue weighted by atomic mass is 32.2. The van der Waals surface area contributed by atoms with Crippen molar-refractivity contribution in [2.75, 3.05) is 25.1 Å². The third-order valence-electron chi connectivity index (χ3n) is 3.05. The van der Waals surface area contributed by atoms with E-state index in [2.05, 4.69) is 6.92 Å². The summed E-state index contributed by atoms with van der Waals surface area (Å²) in [6, 6.07) is -0.286. The number of piperidine rings is 1. The fraction of sp³-hybridized carbons (Fsp3) is 0.909. The topological polar surface area (TPSA) is 46.3 Å². The molecule has 3 nitrogen and oxygen atoms in total. The van der Waals surface area contributed by atoms with Crippen LogP contribution in [0.15, 0.2) is 0 Å². The molecule has 4 heteroatoms. The predicted octanol–water partition coefficient (Wildman–Crippen LogP) is 1.33. The number of amides is 1. The summed E-state index contributed by atoms with van der Waals surface area (Å²) >= 11 is 1.74. The lowest BCUT2D eigenvalue weighted by Crippen LogP contribution is -2.47. The van der Waals surface area contributed by atoms with Crippen molar-refractivity contribution in [3.05, 3.63) is 0 Å². The van der Waals surface area contributed by atoms with Crippen molar-refractivity contribution in [1.29, 1.82) is 0 Å². The molecule has 1 heterocycles. The van der Waals surface area contributed by atoms with E-state index in [1.54, 1.807) is 11.8 Å². The van der Waals surface area contributed by atoms with Crippen LogP contribution >= 0.6 is 11.8 Å². The molecule has 0 aromatic carbocycles. The van der Waals surface area contributed by atoms with Crippen LogP contribution in [0.2, 0.25) is 0 Å². The van der Waals surface area contributed by atoms with E-state index < -0.39 is 0 Å². The maximum atomic E-state index is 11.9. The van der Waals surface area contributed by atoms with Gasteiger partial charge in [0.1, 0.15) is 0 Å². The number of hydrogen-bond donors (Lipinski definition) is 1. The smallest absolute Gasteiger partial charge is 0.239 e. The first-order valence-corrected chi connectivity index (χ1v) is 7.08. The molecule has 0 saturated carbocycles. The summed E-state index contributed by atoms with van der Waals surface area (Å²) in [6.45, 7) is 4.04. The molecule has 0 aromatic rings. The molecule has 0 aliphatic carbocycles. The van der Waals surface area contributed by atoms with Crippen LogP contribution in [0.25, 0.3) is 0 Å². The number of hydrogen-bond acceptors (Lipinski definition) is 3. The number of likely N-dealkylation sites (tertiary alicyclic amines) is 1. The van der Waals surface area contributed by atoms with Crippen LogP contribution in [0.5, 0.6) is 0 Å². The van der Waals surface area contributed by atoms with E-state index in [1.165, 1.54) is 0 Å². The van der Waals surface area contributed by atoms with Crippen LogP contribution in [-0.2, 0) is 4.79 Å². The van der Waals surface area contributed by atoms with Gasteiger partial charge in [-0.15, -0.1) is 0 Å². The number of carbonyl (C=O) groups excluding carboxylic acids is 1. The van der Waals surface area contributed by atoms with Crippen molar-refractivity contribution in [1.82, 2.24) is 4.90 Å². The van der Waals surface area contributed by atoms with E-state index >= 15 is 0 Å². The first-order valence-electron chi connectivity index (χ1n) is 5.68. The molecular formula is C11H22N2OS. The van der Waals surface area contributed by atoms with Gasteiger partial charge in [0, 0.05) is 13.1 Å². The molecular weight excluding hydrogens is 208 g/mol. The highest BCUT2D eigenvalue weighted by molar-refractivity contribution is 7.98. The molecule has 1 aliphatic rings. The van der Waals surface area contributed by atoms with Gasteiger partial charge in [-0.3, -0.25) is 4.79 Å². The number of nitrogens with zero attached hydrogens (tertiary/aromatic N) is 1. The molecule has 1 atom stereocenters. The molecule has 15 heavy (non-hydrogen) atoms. The van der Waals surface area contributed by atoms with Crippen molar-refractivity contribution in [3.8, 4) is 0 Å². The SMILES string of the molecule is CSCCC(N)C(=O)N1CCC(C)CC1. The summed E-state index contributed by atoms with van der Waals surface area (Å²) in [5, 5.41) is 0. The average molecular weight is 230 g/mol. The summed E-state index contributed by atoms with van der Waals surface area (Å²) < 4.78 is 0. The van der Waals surface area contributed by atoms with Gasteiger partial charge < -0.3 is 10.6 Å². The lowest BCUT2D eigenvalue weighted by molar-refractivity contribution is -0.133. The Kier molecular flexibility index (Phi) is 5.47. The third kappa shape index (κ3) is 4.03. The maximum Gasteiger partial charge on any atom is 0.239 e. The van der Waals surface area contributed by atoms with Gasteiger partial charge in [0.25, 0.3) is 0 Å². The standard InChI is InChI=1S/C11H22N2OS/c1-9-3-6-13(7-4-9)11(14)10(12)5-8-15-2/h9-10H,3-8,12H2,1-2H3. The lowest BCUT2D eigenvalue weighted by atomic mass is 9.98. The molecule has 1 aliphatic heterocycles. The van der Waals surface area contributed by atoms with Crippen molar-refractivity contribution in [3.63, 3.8) is 0 Å². The van der Waals surface area contributed by atoms with Crippen LogP contribution < -0.4 is 5.73 Å². The molecule has 1 rings (SSSR count). The largest absolute Gasteiger partial charge is 0.341 e. The van der Waals surface area contributed by atoms with Gasteiger partial charge in [0.05, 0.1) is 6.04 Å². The number of nitrogens with two attached hydrogens (primary N) is 1. The number of thioether (sulfide) groups is 1. The summed E-state index contributed by atoms with van der Waals surface area (Å²) in [5.74, 6) is 1.88. The van der Waals surface area contributed by atoms with E-state index in [9.17, 15) is 4.79 Å². The lowest BCUT2D eigenvalue weighted by Gasteiger charge is -2.32. The Hall–Kier alpha value is -0.220. The maximum absolute atomic E-state index is 11.9. The summed E-state index contributed by atoms with van der Waals surface area (Å²) in [6.07, 6.45) is 5.09. The zero-order valence-corrected chi connectivity index (χ0v) is 10.6. The minimum absolute atomic E-state index is 0.149. The second kappa shape index (κ2) is 6.38. The second-order valence-electron chi connectivity index (χ2n) is 4.40. The number of rotatable bonds is 4. The van der Waals surface area contributed by atoms with Crippen molar-refractivity contribution in [2.45, 2.75) is 32.2 Å². The Morgan fingerprint density at radius 3 is 2.67 bits per heavy atom. The molecule has 0 radical (unpaired) electrons. The van der Waals surface area contributed by atoms with Crippen LogP contribution in [0.3, 0.4) is 0 Å². The van der Waals surface area contributed by atoms with Gasteiger partial charge in [-0.2, -0.15) is 11.8 Å². The van der Waals surface area contributed by atoms with Gasteiger partial charge in [-0.25, -0.2) is 0 Å². The Bertz CT molecular complexity index is 203. The quantitative estimate of drug-likeness (QED) is 0.792. The van der Waals surface area contributed by atoms with E-state index in [0.717, 1.165) is 44.0 Å². The average Bonchev–Trinajstić information content (AvgIpc) is 2.26. The first kappa shape index (κ1) is 12.8. The monoisotopic (exact) mass is 230 g/mol. The van der Waals surface area contributed by atoms with Crippen molar-refractivity contribution >= 4 is 17.7 Å². The Morgan fingerprint density at radius 1 is 1.53 bits per heavy atom. The van der Waals surface area contributed by atoms with Crippen LogP contribution in [0.1, 0.15) is 26.2 Å². The van der Waals surface area contributed by atoms with Gasteiger partial charge >= 0.3 is 0 Å². The summed E-state index contributed by atoms with van der Waals surface area (Å²) in [5.41, 5.74) is 5.86. The van der Waals surface area contributed by atoms with E-state index in [1.807, 2.05) is 11.2 Å². The van der Waals surface area contributed by atoms with E-state index in [4.69, 9.17) is 5.73 Å². The van der Waals surface area contributed by atoms with Crippen LogP contribution in [0.4, 0.5) is 0 Å². The van der Waals surface area contributed by atoms with Crippen molar-refractivity contribution in [2.24, 2.45) is 11.7 Å². The summed E-state index contributed by atoms with van der Waals surface area (Å²) in [7, 11) is 0. The predicted molar refractivity (Wildman–Crippen MR) is 66.0 cm³/mol. The Balaban J connectivity index is 2.32.